The highest BCUT2D eigenvalue weighted by atomic mass is 19.1. The number of primary amides is 1. The number of benzene rings is 1. The highest BCUT2D eigenvalue weighted by Crippen LogP contribution is 2.17. The Morgan fingerprint density at radius 3 is 2.54 bits per heavy atom. The van der Waals surface area contributed by atoms with Gasteiger partial charge in [-0.2, -0.15) is 0 Å². The summed E-state index contributed by atoms with van der Waals surface area (Å²) in [5.41, 5.74) is 6.61. The molecule has 0 bridgehead atoms. The Hall–Kier alpha value is -1.38. The van der Waals surface area contributed by atoms with Crippen molar-refractivity contribution in [3.63, 3.8) is 0 Å². The van der Waals surface area contributed by atoms with Crippen LogP contribution in [0.2, 0.25) is 0 Å². The molecule has 1 rings (SSSR count). The van der Waals surface area contributed by atoms with E-state index >= 15 is 0 Å². The molecule has 0 spiro atoms. The van der Waals surface area contributed by atoms with E-state index < -0.39 is 5.91 Å². The minimum atomic E-state index is -0.561. The molecule has 2 N–H and O–H groups in total. The van der Waals surface area contributed by atoms with Gasteiger partial charge in [0.2, 0.25) is 5.91 Å². The predicted octanol–water partition coefficient (Wildman–Crippen LogP) is 1.80. The number of carbonyl (C=O) groups is 1. The van der Waals surface area contributed by atoms with Crippen molar-refractivity contribution < 1.29 is 9.18 Å². The van der Waals surface area contributed by atoms with Crippen molar-refractivity contribution in [1.82, 2.24) is 0 Å². The Morgan fingerprint density at radius 1 is 1.54 bits per heavy atom. The zero-order chi connectivity index (χ0) is 10.0. The molecule has 0 saturated carbocycles. The lowest BCUT2D eigenvalue weighted by atomic mass is 9.99. The summed E-state index contributed by atoms with van der Waals surface area (Å²) >= 11 is 0. The van der Waals surface area contributed by atoms with E-state index in [4.69, 9.17) is 5.73 Å². The Balaban J connectivity index is 3.43. The van der Waals surface area contributed by atoms with Gasteiger partial charge in [-0.3, -0.25) is 4.79 Å². The molecule has 3 heteroatoms. The monoisotopic (exact) mass is 181 g/mol. The molecule has 0 aliphatic heterocycles. The van der Waals surface area contributed by atoms with Gasteiger partial charge < -0.3 is 5.73 Å². The molecule has 0 radical (unpaired) electrons. The van der Waals surface area contributed by atoms with Gasteiger partial charge in [0, 0.05) is 11.1 Å². The summed E-state index contributed by atoms with van der Waals surface area (Å²) in [5.74, 6) is -0.921. The Kier molecular flexibility index (Phi) is 2.66. The minimum Gasteiger partial charge on any atom is -0.366 e. The van der Waals surface area contributed by atoms with Crippen molar-refractivity contribution in [1.29, 1.82) is 0 Å². The molecular formula is C10H12FNO. The van der Waals surface area contributed by atoms with Crippen LogP contribution in [0.15, 0.2) is 12.1 Å². The maximum Gasteiger partial charge on any atom is 0.249 e. The second-order valence-corrected chi connectivity index (χ2v) is 2.94. The highest BCUT2D eigenvalue weighted by Gasteiger charge is 2.13. The average molecular weight is 181 g/mol. The van der Waals surface area contributed by atoms with Crippen LogP contribution in [0.4, 0.5) is 4.39 Å². The van der Waals surface area contributed by atoms with Gasteiger partial charge in [-0.1, -0.05) is 13.0 Å². The van der Waals surface area contributed by atoms with Crippen LogP contribution in [0.3, 0.4) is 0 Å². The van der Waals surface area contributed by atoms with Gasteiger partial charge in [-0.05, 0) is 25.0 Å². The maximum absolute atomic E-state index is 13.2. The molecule has 2 nitrogen and oxygen atoms in total. The van der Waals surface area contributed by atoms with E-state index in [0.717, 1.165) is 5.56 Å². The smallest absolute Gasteiger partial charge is 0.249 e. The van der Waals surface area contributed by atoms with E-state index in [0.29, 0.717) is 17.5 Å². The number of hydrogen-bond acceptors (Lipinski definition) is 1. The number of aryl methyl sites for hydroxylation is 1. The van der Waals surface area contributed by atoms with Gasteiger partial charge in [0.1, 0.15) is 5.82 Å². The van der Waals surface area contributed by atoms with Crippen LogP contribution in [0.25, 0.3) is 0 Å². The SMILES string of the molecule is CCc1c(F)ccc(C)c1C(N)=O. The Labute approximate surface area is 76.6 Å². The summed E-state index contributed by atoms with van der Waals surface area (Å²) < 4.78 is 13.2. The number of nitrogens with two attached hydrogens (primary N) is 1. The van der Waals surface area contributed by atoms with E-state index in [1.54, 1.807) is 19.9 Å². The molecule has 0 aliphatic rings. The second-order valence-electron chi connectivity index (χ2n) is 2.94. The first-order valence-corrected chi connectivity index (χ1v) is 4.15. The molecule has 0 atom stereocenters. The van der Waals surface area contributed by atoms with Crippen LogP contribution in [-0.2, 0) is 6.42 Å². The lowest BCUT2D eigenvalue weighted by molar-refractivity contribution is 0.0998. The van der Waals surface area contributed by atoms with Crippen molar-refractivity contribution in [3.05, 3.63) is 34.6 Å². The standard InChI is InChI=1S/C10H12FNO/c1-3-7-8(11)5-4-6(2)9(7)10(12)13/h4-5H,3H2,1-2H3,(H2,12,13). The lowest BCUT2D eigenvalue weighted by Crippen LogP contribution is -2.16. The fourth-order valence-corrected chi connectivity index (χ4v) is 1.43. The topological polar surface area (TPSA) is 43.1 Å². The predicted molar refractivity (Wildman–Crippen MR) is 49.0 cm³/mol. The van der Waals surface area contributed by atoms with Crippen molar-refractivity contribution in [2.24, 2.45) is 5.73 Å². The summed E-state index contributed by atoms with van der Waals surface area (Å²) in [4.78, 5) is 11.0. The van der Waals surface area contributed by atoms with Gasteiger partial charge in [0.05, 0.1) is 0 Å². The van der Waals surface area contributed by atoms with E-state index in [9.17, 15) is 9.18 Å². The first-order valence-electron chi connectivity index (χ1n) is 4.15. The summed E-state index contributed by atoms with van der Waals surface area (Å²) in [6.45, 7) is 3.54. The number of rotatable bonds is 2. The molecule has 1 aromatic carbocycles. The van der Waals surface area contributed by atoms with Gasteiger partial charge >= 0.3 is 0 Å². The molecule has 1 amide bonds. The lowest BCUT2D eigenvalue weighted by Gasteiger charge is -2.08. The molecular weight excluding hydrogens is 169 g/mol. The van der Waals surface area contributed by atoms with E-state index in [-0.39, 0.29) is 5.82 Å². The third-order valence-electron chi connectivity index (χ3n) is 2.06. The molecule has 0 saturated heterocycles. The molecule has 70 valence electrons. The summed E-state index contributed by atoms with van der Waals surface area (Å²) in [6.07, 6.45) is 0.478. The van der Waals surface area contributed by atoms with Gasteiger partial charge in [0.15, 0.2) is 0 Å². The molecule has 0 unspecified atom stereocenters. The number of carbonyl (C=O) groups excluding carboxylic acids is 1. The van der Waals surface area contributed by atoms with Crippen LogP contribution in [-0.4, -0.2) is 5.91 Å². The minimum absolute atomic E-state index is 0.322. The van der Waals surface area contributed by atoms with E-state index in [2.05, 4.69) is 0 Å². The number of halogens is 1. The molecule has 13 heavy (non-hydrogen) atoms. The van der Waals surface area contributed by atoms with Crippen LogP contribution in [0, 0.1) is 12.7 Å². The molecule has 0 aromatic heterocycles. The third kappa shape index (κ3) is 1.69. The van der Waals surface area contributed by atoms with Gasteiger partial charge in [-0.15, -0.1) is 0 Å². The van der Waals surface area contributed by atoms with Crippen molar-refractivity contribution in [2.45, 2.75) is 20.3 Å². The zero-order valence-corrected chi connectivity index (χ0v) is 7.73. The number of amides is 1. The van der Waals surface area contributed by atoms with Gasteiger partial charge in [-0.25, -0.2) is 4.39 Å². The molecule has 0 fully saturated rings. The highest BCUT2D eigenvalue weighted by molar-refractivity contribution is 5.95. The van der Waals surface area contributed by atoms with Gasteiger partial charge in [0.25, 0.3) is 0 Å². The first kappa shape index (κ1) is 9.71. The Morgan fingerprint density at radius 2 is 2.15 bits per heavy atom. The Bertz CT molecular complexity index is 347. The molecule has 0 heterocycles. The zero-order valence-electron chi connectivity index (χ0n) is 7.73. The maximum atomic E-state index is 13.2. The number of hydrogen-bond donors (Lipinski definition) is 1. The largest absolute Gasteiger partial charge is 0.366 e. The summed E-state index contributed by atoms with van der Waals surface area (Å²) in [7, 11) is 0. The van der Waals surface area contributed by atoms with Crippen molar-refractivity contribution >= 4 is 5.91 Å². The fraction of sp³-hybridized carbons (Fsp3) is 0.300. The van der Waals surface area contributed by atoms with Crippen molar-refractivity contribution in [3.8, 4) is 0 Å². The second kappa shape index (κ2) is 3.56. The third-order valence-corrected chi connectivity index (χ3v) is 2.06. The van der Waals surface area contributed by atoms with Crippen LogP contribution in [0.5, 0.6) is 0 Å². The summed E-state index contributed by atoms with van der Waals surface area (Å²) in [5, 5.41) is 0. The first-order chi connectivity index (χ1) is 6.07. The van der Waals surface area contributed by atoms with E-state index in [1.165, 1.54) is 6.07 Å². The molecule has 0 aliphatic carbocycles. The van der Waals surface area contributed by atoms with Crippen LogP contribution >= 0.6 is 0 Å². The quantitative estimate of drug-likeness (QED) is 0.742. The normalized spacial score (nSPS) is 10.1. The van der Waals surface area contributed by atoms with Crippen LogP contribution < -0.4 is 5.73 Å². The van der Waals surface area contributed by atoms with E-state index in [1.807, 2.05) is 0 Å². The van der Waals surface area contributed by atoms with Crippen LogP contribution in [0.1, 0.15) is 28.4 Å². The molecule has 1 aromatic rings. The van der Waals surface area contributed by atoms with Crippen molar-refractivity contribution in [2.75, 3.05) is 0 Å². The average Bonchev–Trinajstić information content (AvgIpc) is 2.07. The fourth-order valence-electron chi connectivity index (χ4n) is 1.43. The summed E-state index contributed by atoms with van der Waals surface area (Å²) in [6, 6.07) is 2.93.